The molecule has 0 saturated carbocycles. The fourth-order valence-corrected chi connectivity index (χ4v) is 3.40. The van der Waals surface area contributed by atoms with Crippen LogP contribution in [0.1, 0.15) is 30.5 Å². The first kappa shape index (κ1) is 17.7. The van der Waals surface area contributed by atoms with Gasteiger partial charge >= 0.3 is 0 Å². The van der Waals surface area contributed by atoms with Gasteiger partial charge in [-0.2, -0.15) is 0 Å². The van der Waals surface area contributed by atoms with Gasteiger partial charge in [-0.05, 0) is 36.6 Å². The highest BCUT2D eigenvalue weighted by atomic mass is 15.2. The zero-order valence-corrected chi connectivity index (χ0v) is 15.2. The van der Waals surface area contributed by atoms with Crippen LogP contribution in [0.25, 0.3) is 0 Å². The Morgan fingerprint density at radius 1 is 1.08 bits per heavy atom. The van der Waals surface area contributed by atoms with Gasteiger partial charge in [0.15, 0.2) is 0 Å². The SMILES string of the molecule is C=C(C)C[C@H](c1ccc(NCc2ccccc2)cc1)N1CCNCC1. The Balaban J connectivity index is 1.66. The van der Waals surface area contributed by atoms with E-state index in [4.69, 9.17) is 0 Å². The summed E-state index contributed by atoms with van der Waals surface area (Å²) in [7, 11) is 0. The molecule has 2 aromatic rings. The number of hydrogen-bond donors (Lipinski definition) is 2. The van der Waals surface area contributed by atoms with Crippen molar-refractivity contribution in [2.24, 2.45) is 0 Å². The standard InChI is InChI=1S/C22H29N3/c1-18(2)16-22(25-14-12-23-13-15-25)20-8-10-21(11-9-20)24-17-19-6-4-3-5-7-19/h3-11,22-24H,1,12-17H2,2H3/t22-/m1/s1. The fraction of sp³-hybridized carbons (Fsp3) is 0.364. The summed E-state index contributed by atoms with van der Waals surface area (Å²) < 4.78 is 0. The molecule has 1 fully saturated rings. The van der Waals surface area contributed by atoms with Crippen LogP contribution in [0.4, 0.5) is 5.69 Å². The van der Waals surface area contributed by atoms with E-state index >= 15 is 0 Å². The second-order valence-electron chi connectivity index (χ2n) is 6.92. The molecular formula is C22H29N3. The zero-order valence-electron chi connectivity index (χ0n) is 15.2. The van der Waals surface area contributed by atoms with Gasteiger partial charge in [0.2, 0.25) is 0 Å². The molecule has 0 aliphatic carbocycles. The minimum absolute atomic E-state index is 0.433. The van der Waals surface area contributed by atoms with Crippen molar-refractivity contribution in [3.05, 3.63) is 77.9 Å². The second-order valence-corrected chi connectivity index (χ2v) is 6.92. The highest BCUT2D eigenvalue weighted by Gasteiger charge is 2.22. The lowest BCUT2D eigenvalue weighted by molar-refractivity contribution is 0.172. The summed E-state index contributed by atoms with van der Waals surface area (Å²) in [5, 5.41) is 6.95. The van der Waals surface area contributed by atoms with Gasteiger partial charge in [-0.15, -0.1) is 6.58 Å². The summed E-state index contributed by atoms with van der Waals surface area (Å²) in [6.07, 6.45) is 1.02. The van der Waals surface area contributed by atoms with E-state index in [1.807, 2.05) is 0 Å². The molecule has 0 bridgehead atoms. The van der Waals surface area contributed by atoms with Crippen molar-refractivity contribution in [1.82, 2.24) is 10.2 Å². The van der Waals surface area contributed by atoms with Crippen LogP contribution in [-0.4, -0.2) is 31.1 Å². The van der Waals surface area contributed by atoms with Crippen LogP contribution in [0.2, 0.25) is 0 Å². The minimum atomic E-state index is 0.433. The Bertz CT molecular complexity index is 657. The molecule has 1 heterocycles. The van der Waals surface area contributed by atoms with Crippen molar-refractivity contribution in [3.63, 3.8) is 0 Å². The van der Waals surface area contributed by atoms with Crippen LogP contribution in [-0.2, 0) is 6.54 Å². The van der Waals surface area contributed by atoms with Crippen molar-refractivity contribution < 1.29 is 0 Å². The number of benzene rings is 2. The molecule has 25 heavy (non-hydrogen) atoms. The van der Waals surface area contributed by atoms with Gasteiger partial charge in [0.25, 0.3) is 0 Å². The molecule has 132 valence electrons. The van der Waals surface area contributed by atoms with Gasteiger partial charge in [0.05, 0.1) is 0 Å². The molecule has 1 aliphatic heterocycles. The Morgan fingerprint density at radius 3 is 2.40 bits per heavy atom. The van der Waals surface area contributed by atoms with E-state index in [-0.39, 0.29) is 0 Å². The first-order valence-electron chi connectivity index (χ1n) is 9.19. The van der Waals surface area contributed by atoms with Crippen molar-refractivity contribution in [2.45, 2.75) is 25.9 Å². The predicted molar refractivity (Wildman–Crippen MR) is 107 cm³/mol. The first-order chi connectivity index (χ1) is 12.2. The number of nitrogens with one attached hydrogen (secondary N) is 2. The van der Waals surface area contributed by atoms with Crippen LogP contribution in [0.3, 0.4) is 0 Å². The summed E-state index contributed by atoms with van der Waals surface area (Å²) in [5.41, 5.74) is 5.10. The van der Waals surface area contributed by atoms with Crippen molar-refractivity contribution in [3.8, 4) is 0 Å². The van der Waals surface area contributed by atoms with E-state index in [0.29, 0.717) is 6.04 Å². The lowest BCUT2D eigenvalue weighted by Crippen LogP contribution is -2.45. The summed E-state index contributed by atoms with van der Waals surface area (Å²) in [6, 6.07) is 19.9. The largest absolute Gasteiger partial charge is 0.381 e. The summed E-state index contributed by atoms with van der Waals surface area (Å²) in [4.78, 5) is 2.58. The maximum absolute atomic E-state index is 4.14. The van der Waals surface area contributed by atoms with Crippen LogP contribution in [0, 0.1) is 0 Å². The third-order valence-corrected chi connectivity index (χ3v) is 4.77. The maximum atomic E-state index is 4.14. The minimum Gasteiger partial charge on any atom is -0.381 e. The van der Waals surface area contributed by atoms with Gasteiger partial charge in [-0.3, -0.25) is 4.90 Å². The molecule has 1 atom stereocenters. The van der Waals surface area contributed by atoms with E-state index in [9.17, 15) is 0 Å². The number of rotatable bonds is 7. The number of hydrogen-bond acceptors (Lipinski definition) is 3. The highest BCUT2D eigenvalue weighted by molar-refractivity contribution is 5.46. The van der Waals surface area contributed by atoms with E-state index in [0.717, 1.165) is 39.1 Å². The summed E-state index contributed by atoms with van der Waals surface area (Å²) >= 11 is 0. The molecule has 0 spiro atoms. The molecule has 0 aromatic heterocycles. The number of anilines is 1. The van der Waals surface area contributed by atoms with Crippen molar-refractivity contribution >= 4 is 5.69 Å². The molecule has 3 heteroatoms. The molecular weight excluding hydrogens is 306 g/mol. The smallest absolute Gasteiger partial charge is 0.0400 e. The normalized spacial score (nSPS) is 16.4. The average molecular weight is 335 g/mol. The monoisotopic (exact) mass is 335 g/mol. The number of piperazine rings is 1. The second kappa shape index (κ2) is 8.84. The van der Waals surface area contributed by atoms with Crippen molar-refractivity contribution in [1.29, 1.82) is 0 Å². The predicted octanol–water partition coefficient (Wildman–Crippen LogP) is 4.21. The molecule has 0 radical (unpaired) electrons. The molecule has 2 N–H and O–H groups in total. The lowest BCUT2D eigenvalue weighted by atomic mass is 9.97. The Kier molecular flexibility index (Phi) is 6.26. The fourth-order valence-electron chi connectivity index (χ4n) is 3.40. The molecule has 0 amide bonds. The van der Waals surface area contributed by atoms with Crippen LogP contribution in [0.5, 0.6) is 0 Å². The van der Waals surface area contributed by atoms with E-state index in [1.54, 1.807) is 0 Å². The quantitative estimate of drug-likeness (QED) is 0.742. The Morgan fingerprint density at radius 2 is 1.76 bits per heavy atom. The van der Waals surface area contributed by atoms with Gasteiger partial charge < -0.3 is 10.6 Å². The van der Waals surface area contributed by atoms with Gasteiger partial charge in [0.1, 0.15) is 0 Å². The Labute approximate surface area is 151 Å². The average Bonchev–Trinajstić information content (AvgIpc) is 2.66. The molecule has 0 unspecified atom stereocenters. The first-order valence-corrected chi connectivity index (χ1v) is 9.19. The van der Waals surface area contributed by atoms with Gasteiger partial charge in [-0.1, -0.05) is 48.0 Å². The van der Waals surface area contributed by atoms with Crippen molar-refractivity contribution in [2.75, 3.05) is 31.5 Å². The zero-order chi connectivity index (χ0) is 17.5. The van der Waals surface area contributed by atoms with Gasteiger partial charge in [-0.25, -0.2) is 0 Å². The summed E-state index contributed by atoms with van der Waals surface area (Å²) in [5.74, 6) is 0. The van der Waals surface area contributed by atoms with Gasteiger partial charge in [0, 0.05) is 44.5 Å². The third-order valence-electron chi connectivity index (χ3n) is 4.77. The molecule has 1 saturated heterocycles. The molecule has 3 nitrogen and oxygen atoms in total. The van der Waals surface area contributed by atoms with Crippen LogP contribution >= 0.6 is 0 Å². The summed E-state index contributed by atoms with van der Waals surface area (Å²) in [6.45, 7) is 11.5. The Hall–Kier alpha value is -2.10. The van der Waals surface area contributed by atoms with Crippen LogP contribution < -0.4 is 10.6 Å². The third kappa shape index (κ3) is 5.18. The topological polar surface area (TPSA) is 27.3 Å². The molecule has 2 aromatic carbocycles. The van der Waals surface area contributed by atoms with Crippen LogP contribution in [0.15, 0.2) is 66.7 Å². The number of nitrogens with zero attached hydrogens (tertiary/aromatic N) is 1. The highest BCUT2D eigenvalue weighted by Crippen LogP contribution is 2.28. The van der Waals surface area contributed by atoms with E-state index < -0.39 is 0 Å². The maximum Gasteiger partial charge on any atom is 0.0400 e. The lowest BCUT2D eigenvalue weighted by Gasteiger charge is -2.35. The van der Waals surface area contributed by atoms with E-state index in [2.05, 4.69) is 83.6 Å². The van der Waals surface area contributed by atoms with E-state index in [1.165, 1.54) is 22.4 Å². The molecule has 3 rings (SSSR count). The molecule has 1 aliphatic rings.